The van der Waals surface area contributed by atoms with E-state index in [1.165, 1.54) is 18.2 Å². The highest BCUT2D eigenvalue weighted by molar-refractivity contribution is 7.80. The summed E-state index contributed by atoms with van der Waals surface area (Å²) in [5.41, 5.74) is 0.409. The number of hydrogen-bond donors (Lipinski definition) is 2. The van der Waals surface area contributed by atoms with E-state index in [9.17, 15) is 9.18 Å². The lowest BCUT2D eigenvalue weighted by Gasteiger charge is -2.28. The third kappa shape index (κ3) is 3.73. The predicted molar refractivity (Wildman–Crippen MR) is 70.0 cm³/mol. The van der Waals surface area contributed by atoms with E-state index < -0.39 is 5.82 Å². The first kappa shape index (κ1) is 14.0. The smallest absolute Gasteiger partial charge is 0.251 e. The van der Waals surface area contributed by atoms with Crippen LogP contribution in [0.15, 0.2) is 23.1 Å². The van der Waals surface area contributed by atoms with Crippen LogP contribution in [-0.4, -0.2) is 11.9 Å². The Labute approximate surface area is 107 Å². The normalized spacial score (nSPS) is 13.3. The van der Waals surface area contributed by atoms with E-state index in [0.29, 0.717) is 5.56 Å². The zero-order chi connectivity index (χ0) is 13.2. The molecule has 0 heterocycles. The van der Waals surface area contributed by atoms with Crippen molar-refractivity contribution in [2.75, 3.05) is 0 Å². The summed E-state index contributed by atoms with van der Waals surface area (Å²) in [5, 5.41) is 2.89. The quantitative estimate of drug-likeness (QED) is 0.780. The molecule has 4 heteroatoms. The Bertz CT molecular complexity index is 426. The van der Waals surface area contributed by atoms with E-state index in [2.05, 4.69) is 17.9 Å². The van der Waals surface area contributed by atoms with Gasteiger partial charge in [0.25, 0.3) is 5.91 Å². The van der Waals surface area contributed by atoms with Crippen molar-refractivity contribution in [2.45, 2.75) is 38.6 Å². The molecule has 0 aromatic heterocycles. The molecule has 1 amide bonds. The molecule has 1 unspecified atom stereocenters. The highest BCUT2D eigenvalue weighted by atomic mass is 32.1. The minimum Gasteiger partial charge on any atom is -0.349 e. The summed E-state index contributed by atoms with van der Waals surface area (Å²) in [6.45, 7) is 8.09. The Balaban J connectivity index is 2.80. The van der Waals surface area contributed by atoms with Crippen molar-refractivity contribution < 1.29 is 9.18 Å². The Kier molecular flexibility index (Phi) is 4.20. The first-order valence-electron chi connectivity index (χ1n) is 5.51. The molecule has 0 fully saturated rings. The molecule has 17 heavy (non-hydrogen) atoms. The summed E-state index contributed by atoms with van der Waals surface area (Å²) in [7, 11) is 0. The summed E-state index contributed by atoms with van der Waals surface area (Å²) in [6, 6.07) is 4.17. The Morgan fingerprint density at radius 2 is 2.00 bits per heavy atom. The third-order valence-electron chi connectivity index (χ3n) is 2.85. The van der Waals surface area contributed by atoms with Gasteiger partial charge < -0.3 is 5.32 Å². The van der Waals surface area contributed by atoms with Crippen LogP contribution in [-0.2, 0) is 0 Å². The third-order valence-corrected chi connectivity index (χ3v) is 3.20. The molecule has 0 radical (unpaired) electrons. The summed E-state index contributed by atoms with van der Waals surface area (Å²) < 4.78 is 13.0. The summed E-state index contributed by atoms with van der Waals surface area (Å²) in [4.78, 5) is 12.1. The lowest BCUT2D eigenvalue weighted by Crippen LogP contribution is -2.41. The monoisotopic (exact) mass is 255 g/mol. The molecule has 0 aliphatic rings. The van der Waals surface area contributed by atoms with Gasteiger partial charge in [0.2, 0.25) is 0 Å². The fraction of sp³-hybridized carbons (Fsp3) is 0.462. The number of carbonyl (C=O) groups excluding carboxylic acids is 1. The zero-order valence-corrected chi connectivity index (χ0v) is 11.4. The summed E-state index contributed by atoms with van der Waals surface area (Å²) >= 11 is 3.95. The van der Waals surface area contributed by atoms with Gasteiger partial charge in [-0.3, -0.25) is 4.79 Å². The van der Waals surface area contributed by atoms with Crippen LogP contribution in [0, 0.1) is 11.2 Å². The van der Waals surface area contributed by atoms with Gasteiger partial charge in [0.15, 0.2) is 0 Å². The van der Waals surface area contributed by atoms with Crippen LogP contribution in [0.1, 0.15) is 38.1 Å². The van der Waals surface area contributed by atoms with Gasteiger partial charge in [-0.15, -0.1) is 12.6 Å². The van der Waals surface area contributed by atoms with Gasteiger partial charge in [0, 0.05) is 16.5 Å². The molecule has 1 rings (SSSR count). The lowest BCUT2D eigenvalue weighted by molar-refractivity contribution is 0.0910. The molecule has 0 spiro atoms. The Morgan fingerprint density at radius 3 is 2.47 bits per heavy atom. The van der Waals surface area contributed by atoms with Crippen molar-refractivity contribution in [2.24, 2.45) is 5.41 Å². The molecule has 1 N–H and O–H groups in total. The maximum Gasteiger partial charge on any atom is 0.251 e. The number of benzene rings is 1. The van der Waals surface area contributed by atoms with E-state index in [4.69, 9.17) is 0 Å². The van der Waals surface area contributed by atoms with Crippen LogP contribution in [0.3, 0.4) is 0 Å². The average molecular weight is 255 g/mol. The molecule has 0 bridgehead atoms. The van der Waals surface area contributed by atoms with Gasteiger partial charge in [-0.2, -0.15) is 0 Å². The molecular formula is C13H18FNOS. The van der Waals surface area contributed by atoms with Crippen LogP contribution in [0.4, 0.5) is 4.39 Å². The fourth-order valence-electron chi connectivity index (χ4n) is 1.15. The summed E-state index contributed by atoms with van der Waals surface area (Å²) in [6.07, 6.45) is 0. The molecule has 1 aromatic rings. The van der Waals surface area contributed by atoms with Gasteiger partial charge in [-0.1, -0.05) is 20.8 Å². The maximum atomic E-state index is 13.0. The first-order chi connectivity index (χ1) is 7.71. The van der Waals surface area contributed by atoms with Crippen LogP contribution in [0.2, 0.25) is 0 Å². The Hall–Kier alpha value is -1.03. The second-order valence-electron chi connectivity index (χ2n) is 5.23. The van der Waals surface area contributed by atoms with Gasteiger partial charge >= 0.3 is 0 Å². The fourth-order valence-corrected chi connectivity index (χ4v) is 1.36. The van der Waals surface area contributed by atoms with Crippen molar-refractivity contribution in [3.63, 3.8) is 0 Å². The van der Waals surface area contributed by atoms with E-state index >= 15 is 0 Å². The number of nitrogens with one attached hydrogen (secondary N) is 1. The minimum atomic E-state index is -0.422. The van der Waals surface area contributed by atoms with E-state index in [1.54, 1.807) is 0 Å². The van der Waals surface area contributed by atoms with Crippen LogP contribution < -0.4 is 5.32 Å². The van der Waals surface area contributed by atoms with Crippen LogP contribution in [0.5, 0.6) is 0 Å². The van der Waals surface area contributed by atoms with Crippen molar-refractivity contribution in [1.29, 1.82) is 0 Å². The van der Waals surface area contributed by atoms with Gasteiger partial charge in [0.1, 0.15) is 5.82 Å². The first-order valence-corrected chi connectivity index (χ1v) is 5.96. The molecule has 1 aromatic carbocycles. The van der Waals surface area contributed by atoms with E-state index in [1.807, 2.05) is 27.7 Å². The second kappa shape index (κ2) is 5.08. The topological polar surface area (TPSA) is 29.1 Å². The molecule has 94 valence electrons. The van der Waals surface area contributed by atoms with Crippen LogP contribution >= 0.6 is 12.6 Å². The number of halogens is 1. The minimum absolute atomic E-state index is 0.0144. The van der Waals surface area contributed by atoms with E-state index in [-0.39, 0.29) is 22.3 Å². The molecule has 0 saturated heterocycles. The van der Waals surface area contributed by atoms with Gasteiger partial charge in [-0.25, -0.2) is 4.39 Å². The molecule has 0 saturated carbocycles. The van der Waals surface area contributed by atoms with E-state index in [0.717, 1.165) is 0 Å². The number of rotatable bonds is 2. The predicted octanol–water partition coefficient (Wildman–Crippen LogP) is 3.28. The van der Waals surface area contributed by atoms with Crippen LogP contribution in [0.25, 0.3) is 0 Å². The lowest BCUT2D eigenvalue weighted by atomic mass is 9.88. The second-order valence-corrected chi connectivity index (χ2v) is 5.71. The average Bonchev–Trinajstić information content (AvgIpc) is 2.20. The SMILES string of the molecule is CC(NC(=O)c1ccc(F)c(S)c1)C(C)(C)C. The zero-order valence-electron chi connectivity index (χ0n) is 10.5. The highest BCUT2D eigenvalue weighted by Gasteiger charge is 2.22. The Morgan fingerprint density at radius 1 is 1.41 bits per heavy atom. The molecule has 1 atom stereocenters. The summed E-state index contributed by atoms with van der Waals surface area (Å²) in [5.74, 6) is -0.628. The highest BCUT2D eigenvalue weighted by Crippen LogP contribution is 2.19. The number of thiol groups is 1. The maximum absolute atomic E-state index is 13.0. The molecule has 0 aliphatic heterocycles. The molecular weight excluding hydrogens is 237 g/mol. The van der Waals surface area contributed by atoms with Crippen molar-refractivity contribution in [1.82, 2.24) is 5.32 Å². The standard InChI is InChI=1S/C13H18FNOS/c1-8(13(2,3)4)15-12(16)9-5-6-10(14)11(17)7-9/h5-8,17H,1-4H3,(H,15,16). The van der Waals surface area contributed by atoms with Gasteiger partial charge in [0.05, 0.1) is 0 Å². The number of carbonyl (C=O) groups is 1. The van der Waals surface area contributed by atoms with Crippen molar-refractivity contribution in [3.8, 4) is 0 Å². The van der Waals surface area contributed by atoms with Gasteiger partial charge in [-0.05, 0) is 30.5 Å². The largest absolute Gasteiger partial charge is 0.349 e. The number of hydrogen-bond acceptors (Lipinski definition) is 2. The molecule has 0 aliphatic carbocycles. The van der Waals surface area contributed by atoms with Crippen molar-refractivity contribution >= 4 is 18.5 Å². The number of amides is 1. The van der Waals surface area contributed by atoms with Crippen molar-refractivity contribution in [3.05, 3.63) is 29.6 Å². The molecule has 2 nitrogen and oxygen atoms in total.